The minimum atomic E-state index is 0.185. The normalized spacial score (nSPS) is 10.2. The summed E-state index contributed by atoms with van der Waals surface area (Å²) in [6.07, 6.45) is 1.03. The average Bonchev–Trinajstić information content (AvgIpc) is 2.35. The third kappa shape index (κ3) is 3.21. The number of benzene rings is 1. The fraction of sp³-hybridized carbons (Fsp3) is 0.214. The van der Waals surface area contributed by atoms with Crippen LogP contribution >= 0.6 is 11.6 Å². The standard InChI is InChI=1S/C14H13ClN4/c1-9-12(13(15)19-14(17)18-9)8-11-4-2-3-10(7-11)5-6-16/h2-4,7H,5,8H2,1H3,(H2,17,18,19). The molecule has 0 aliphatic rings. The second-order valence-electron chi connectivity index (χ2n) is 4.27. The molecule has 0 amide bonds. The Labute approximate surface area is 116 Å². The van der Waals surface area contributed by atoms with Crippen molar-refractivity contribution in [2.75, 3.05) is 5.73 Å². The highest BCUT2D eigenvalue weighted by Crippen LogP contribution is 2.21. The molecule has 96 valence electrons. The first-order valence-corrected chi connectivity index (χ1v) is 6.21. The summed E-state index contributed by atoms with van der Waals surface area (Å²) in [5, 5.41) is 9.10. The molecule has 0 aliphatic carbocycles. The second-order valence-corrected chi connectivity index (χ2v) is 4.63. The van der Waals surface area contributed by atoms with Crippen LogP contribution in [0.2, 0.25) is 5.15 Å². The molecule has 0 unspecified atom stereocenters. The smallest absolute Gasteiger partial charge is 0.221 e. The fourth-order valence-corrected chi connectivity index (χ4v) is 2.22. The molecule has 0 fully saturated rings. The average molecular weight is 273 g/mol. The Kier molecular flexibility index (Phi) is 3.98. The summed E-state index contributed by atoms with van der Waals surface area (Å²) in [4.78, 5) is 8.09. The van der Waals surface area contributed by atoms with Gasteiger partial charge in [0.25, 0.3) is 0 Å². The van der Waals surface area contributed by atoms with Crippen LogP contribution in [0.25, 0.3) is 0 Å². The van der Waals surface area contributed by atoms with Crippen LogP contribution in [-0.2, 0) is 12.8 Å². The lowest BCUT2D eigenvalue weighted by Gasteiger charge is -2.08. The van der Waals surface area contributed by atoms with Crippen LogP contribution in [0.5, 0.6) is 0 Å². The molecule has 1 aromatic carbocycles. The van der Waals surface area contributed by atoms with Crippen LogP contribution in [-0.4, -0.2) is 9.97 Å². The monoisotopic (exact) mass is 272 g/mol. The van der Waals surface area contributed by atoms with Crippen molar-refractivity contribution < 1.29 is 0 Å². The Morgan fingerprint density at radius 3 is 2.74 bits per heavy atom. The first-order chi connectivity index (χ1) is 9.10. The van der Waals surface area contributed by atoms with Gasteiger partial charge in [-0.25, -0.2) is 9.97 Å². The number of nitrogens with two attached hydrogens (primary N) is 1. The maximum atomic E-state index is 8.71. The van der Waals surface area contributed by atoms with Gasteiger partial charge in [0, 0.05) is 17.7 Å². The van der Waals surface area contributed by atoms with Crippen LogP contribution in [0.4, 0.5) is 5.95 Å². The topological polar surface area (TPSA) is 75.6 Å². The Hall–Kier alpha value is -2.12. The summed E-state index contributed by atoms with van der Waals surface area (Å²) in [6.45, 7) is 1.86. The van der Waals surface area contributed by atoms with Crippen molar-refractivity contribution in [3.8, 4) is 6.07 Å². The molecule has 0 bridgehead atoms. The van der Waals surface area contributed by atoms with Gasteiger partial charge in [0.1, 0.15) is 5.15 Å². The largest absolute Gasteiger partial charge is 0.368 e. The van der Waals surface area contributed by atoms with Crippen LogP contribution in [0, 0.1) is 18.3 Å². The predicted molar refractivity (Wildman–Crippen MR) is 74.8 cm³/mol. The number of rotatable bonds is 3. The molecule has 2 aromatic rings. The first kappa shape index (κ1) is 13.3. The van der Waals surface area contributed by atoms with Gasteiger partial charge in [-0.05, 0) is 18.1 Å². The summed E-state index contributed by atoms with van der Waals surface area (Å²) in [5.74, 6) is 0.185. The molecule has 0 atom stereocenters. The molecule has 2 N–H and O–H groups in total. The number of hydrogen-bond acceptors (Lipinski definition) is 4. The molecule has 0 saturated carbocycles. The zero-order valence-corrected chi connectivity index (χ0v) is 11.3. The SMILES string of the molecule is Cc1nc(N)nc(Cl)c1Cc1cccc(CC#N)c1. The maximum Gasteiger partial charge on any atom is 0.221 e. The molecule has 5 heteroatoms. The molecule has 1 heterocycles. The van der Waals surface area contributed by atoms with E-state index in [4.69, 9.17) is 22.6 Å². The van der Waals surface area contributed by atoms with Gasteiger partial charge in [-0.1, -0.05) is 35.9 Å². The van der Waals surface area contributed by atoms with Crippen molar-refractivity contribution in [3.05, 3.63) is 51.8 Å². The number of hydrogen-bond donors (Lipinski definition) is 1. The van der Waals surface area contributed by atoms with E-state index in [0.717, 1.165) is 22.4 Å². The molecule has 0 radical (unpaired) electrons. The molecule has 4 nitrogen and oxygen atoms in total. The minimum Gasteiger partial charge on any atom is -0.368 e. The molecular formula is C14H13ClN4. The lowest BCUT2D eigenvalue weighted by molar-refractivity contribution is 1.02. The highest BCUT2D eigenvalue weighted by molar-refractivity contribution is 6.30. The van der Waals surface area contributed by atoms with E-state index in [9.17, 15) is 0 Å². The number of aryl methyl sites for hydroxylation is 1. The van der Waals surface area contributed by atoms with E-state index in [0.29, 0.717) is 18.0 Å². The van der Waals surface area contributed by atoms with Gasteiger partial charge in [-0.15, -0.1) is 0 Å². The van der Waals surface area contributed by atoms with Gasteiger partial charge in [-0.3, -0.25) is 0 Å². The van der Waals surface area contributed by atoms with E-state index in [-0.39, 0.29) is 5.95 Å². The zero-order valence-electron chi connectivity index (χ0n) is 10.5. The summed E-state index contributed by atoms with van der Waals surface area (Å²) in [6, 6.07) is 9.99. The van der Waals surface area contributed by atoms with E-state index < -0.39 is 0 Å². The Bertz CT molecular complexity index is 623. The van der Waals surface area contributed by atoms with Gasteiger partial charge < -0.3 is 5.73 Å². The summed E-state index contributed by atoms with van der Waals surface area (Å²) in [5.41, 5.74) is 9.26. The van der Waals surface area contributed by atoms with Crippen molar-refractivity contribution in [1.82, 2.24) is 9.97 Å². The Balaban J connectivity index is 2.31. The van der Waals surface area contributed by atoms with Crippen LogP contribution in [0.3, 0.4) is 0 Å². The van der Waals surface area contributed by atoms with Crippen LogP contribution < -0.4 is 5.73 Å². The Morgan fingerprint density at radius 2 is 2.05 bits per heavy atom. The first-order valence-electron chi connectivity index (χ1n) is 5.83. The van der Waals surface area contributed by atoms with E-state index in [2.05, 4.69) is 16.0 Å². The van der Waals surface area contributed by atoms with Crippen LogP contribution in [0.1, 0.15) is 22.4 Å². The lowest BCUT2D eigenvalue weighted by Crippen LogP contribution is -2.03. The highest BCUT2D eigenvalue weighted by atomic mass is 35.5. The molecule has 2 rings (SSSR count). The Morgan fingerprint density at radius 1 is 1.32 bits per heavy atom. The molecular weight excluding hydrogens is 260 g/mol. The number of nitrogens with zero attached hydrogens (tertiary/aromatic N) is 3. The fourth-order valence-electron chi connectivity index (χ4n) is 1.93. The van der Waals surface area contributed by atoms with E-state index in [1.165, 1.54) is 0 Å². The lowest BCUT2D eigenvalue weighted by atomic mass is 10.0. The molecule has 19 heavy (non-hydrogen) atoms. The molecule has 0 aliphatic heterocycles. The van der Waals surface area contributed by atoms with Crippen molar-refractivity contribution in [2.45, 2.75) is 19.8 Å². The molecule has 1 aromatic heterocycles. The predicted octanol–water partition coefficient (Wildman–Crippen LogP) is 2.68. The van der Waals surface area contributed by atoms with Gasteiger partial charge >= 0.3 is 0 Å². The number of aromatic nitrogens is 2. The zero-order chi connectivity index (χ0) is 13.8. The molecule has 0 saturated heterocycles. The number of nitriles is 1. The quantitative estimate of drug-likeness (QED) is 0.872. The van der Waals surface area contributed by atoms with Crippen LogP contribution in [0.15, 0.2) is 24.3 Å². The minimum absolute atomic E-state index is 0.185. The van der Waals surface area contributed by atoms with Gasteiger partial charge in [0.05, 0.1) is 12.5 Å². The number of nitrogen functional groups attached to an aromatic ring is 1. The van der Waals surface area contributed by atoms with Gasteiger partial charge in [0.2, 0.25) is 5.95 Å². The number of halogens is 1. The summed E-state index contributed by atoms with van der Waals surface area (Å²) >= 11 is 6.10. The highest BCUT2D eigenvalue weighted by Gasteiger charge is 2.09. The van der Waals surface area contributed by atoms with Crippen molar-refractivity contribution in [1.29, 1.82) is 5.26 Å². The van der Waals surface area contributed by atoms with E-state index >= 15 is 0 Å². The van der Waals surface area contributed by atoms with E-state index in [1.807, 2.05) is 31.2 Å². The third-order valence-electron chi connectivity index (χ3n) is 2.84. The maximum absolute atomic E-state index is 8.71. The van der Waals surface area contributed by atoms with Crippen molar-refractivity contribution >= 4 is 17.5 Å². The summed E-state index contributed by atoms with van der Waals surface area (Å²) < 4.78 is 0. The van der Waals surface area contributed by atoms with Gasteiger partial charge in [0.15, 0.2) is 0 Å². The summed E-state index contributed by atoms with van der Waals surface area (Å²) in [7, 11) is 0. The molecule has 0 spiro atoms. The van der Waals surface area contributed by atoms with Gasteiger partial charge in [-0.2, -0.15) is 5.26 Å². The van der Waals surface area contributed by atoms with E-state index in [1.54, 1.807) is 0 Å². The second kappa shape index (κ2) is 5.68. The van der Waals surface area contributed by atoms with Crippen molar-refractivity contribution in [2.24, 2.45) is 0 Å². The number of anilines is 1. The third-order valence-corrected chi connectivity index (χ3v) is 3.15. The van der Waals surface area contributed by atoms with Crippen molar-refractivity contribution in [3.63, 3.8) is 0 Å².